The van der Waals surface area contributed by atoms with Crippen LogP contribution in [0.25, 0.3) is 0 Å². The molecule has 0 radical (unpaired) electrons. The number of esters is 2. The highest BCUT2D eigenvalue weighted by molar-refractivity contribution is 5.80. The van der Waals surface area contributed by atoms with Crippen molar-refractivity contribution in [3.8, 4) is 0 Å². The van der Waals surface area contributed by atoms with Crippen LogP contribution in [0.1, 0.15) is 170 Å². The van der Waals surface area contributed by atoms with Crippen LogP contribution in [-0.2, 0) is 19.1 Å². The molecule has 0 aliphatic heterocycles. The van der Waals surface area contributed by atoms with E-state index < -0.39 is 5.92 Å². The Morgan fingerprint density at radius 2 is 1.13 bits per heavy atom. The van der Waals surface area contributed by atoms with Crippen LogP contribution in [-0.4, -0.2) is 25.2 Å². The molecule has 1 rings (SSSR count). The minimum atomic E-state index is -0.396. The highest BCUT2D eigenvalue weighted by atomic mass is 16.5. The van der Waals surface area contributed by atoms with E-state index in [0.717, 1.165) is 6.42 Å². The van der Waals surface area contributed by atoms with Crippen LogP contribution in [0.3, 0.4) is 0 Å². The van der Waals surface area contributed by atoms with Gasteiger partial charge in [0.1, 0.15) is 0 Å². The topological polar surface area (TPSA) is 52.6 Å². The van der Waals surface area contributed by atoms with Crippen LogP contribution in [0, 0.1) is 28.6 Å². The van der Waals surface area contributed by atoms with Crippen molar-refractivity contribution in [2.45, 2.75) is 170 Å². The molecule has 1 saturated carbocycles. The van der Waals surface area contributed by atoms with Crippen molar-refractivity contribution in [2.24, 2.45) is 28.6 Å². The Labute approximate surface area is 243 Å². The van der Waals surface area contributed by atoms with Crippen LogP contribution in [0.4, 0.5) is 0 Å². The van der Waals surface area contributed by atoms with Gasteiger partial charge in [0.05, 0.1) is 25.6 Å². The van der Waals surface area contributed by atoms with Crippen molar-refractivity contribution in [1.82, 2.24) is 0 Å². The van der Waals surface area contributed by atoms with Gasteiger partial charge >= 0.3 is 11.9 Å². The lowest BCUT2D eigenvalue weighted by molar-refractivity contribution is -0.159. The minimum absolute atomic E-state index is 0.0827. The van der Waals surface area contributed by atoms with Crippen LogP contribution in [0.15, 0.2) is 0 Å². The Morgan fingerprint density at radius 1 is 0.667 bits per heavy atom. The number of rotatable bonds is 20. The summed E-state index contributed by atoms with van der Waals surface area (Å²) in [6.07, 6.45) is 23.7. The molecule has 0 aromatic rings. The second-order valence-corrected chi connectivity index (χ2v) is 15.0. The van der Waals surface area contributed by atoms with E-state index >= 15 is 0 Å². The van der Waals surface area contributed by atoms with Gasteiger partial charge in [-0.3, -0.25) is 9.59 Å². The lowest BCUT2D eigenvalue weighted by Crippen LogP contribution is -2.31. The minimum Gasteiger partial charge on any atom is -0.465 e. The number of hydrogen-bond acceptors (Lipinski definition) is 4. The highest BCUT2D eigenvalue weighted by Crippen LogP contribution is 2.38. The molecule has 230 valence electrons. The number of unbranched alkanes of at least 4 members (excludes halogenated alkanes) is 11. The predicted molar refractivity (Wildman–Crippen MR) is 165 cm³/mol. The Bertz CT molecular complexity index is 642. The zero-order chi connectivity index (χ0) is 29.2. The third kappa shape index (κ3) is 19.6. The second kappa shape index (κ2) is 19.9. The molecule has 1 fully saturated rings. The highest BCUT2D eigenvalue weighted by Gasteiger charge is 2.33. The largest absolute Gasteiger partial charge is 0.465 e. The average Bonchev–Trinajstić information content (AvgIpc) is 2.86. The number of hydrogen-bond donors (Lipinski definition) is 0. The molecule has 3 unspecified atom stereocenters. The van der Waals surface area contributed by atoms with E-state index in [-0.39, 0.29) is 29.2 Å². The average molecular weight is 551 g/mol. The first-order valence-corrected chi connectivity index (χ1v) is 16.7. The molecule has 0 saturated heterocycles. The number of carbonyl (C=O) groups is 2. The standard InChI is InChI=1S/C35H66O4/c1-8-9-10-11-12-13-14-15-16-17-18-19-22-29-23-20-21-24-30(29)25-31(33(37)39-28-35(5,6)7)26-32(36)38-27-34(2,3)4/h29-31H,8-28H2,1-7H3. The third-order valence-electron chi connectivity index (χ3n) is 8.14. The normalized spacial score (nSPS) is 19.1. The van der Waals surface area contributed by atoms with Crippen LogP contribution in [0.5, 0.6) is 0 Å². The molecule has 4 nitrogen and oxygen atoms in total. The summed E-state index contributed by atoms with van der Waals surface area (Å²) in [5.41, 5.74) is -0.171. The Morgan fingerprint density at radius 3 is 1.64 bits per heavy atom. The van der Waals surface area contributed by atoms with Crippen LogP contribution in [0.2, 0.25) is 0 Å². The molecule has 1 aliphatic carbocycles. The van der Waals surface area contributed by atoms with Crippen molar-refractivity contribution in [1.29, 1.82) is 0 Å². The van der Waals surface area contributed by atoms with Gasteiger partial charge in [-0.05, 0) is 29.1 Å². The van der Waals surface area contributed by atoms with Crippen molar-refractivity contribution in [3.05, 3.63) is 0 Å². The molecule has 0 spiro atoms. The molecular formula is C35H66O4. The quantitative estimate of drug-likeness (QED) is 0.112. The van der Waals surface area contributed by atoms with E-state index in [2.05, 4.69) is 48.5 Å². The molecule has 39 heavy (non-hydrogen) atoms. The van der Waals surface area contributed by atoms with Crippen LogP contribution >= 0.6 is 0 Å². The first kappa shape index (κ1) is 36.0. The van der Waals surface area contributed by atoms with Crippen molar-refractivity contribution < 1.29 is 19.1 Å². The predicted octanol–water partition coefficient (Wildman–Crippen LogP) is 10.5. The second-order valence-electron chi connectivity index (χ2n) is 15.0. The molecule has 0 aromatic carbocycles. The third-order valence-corrected chi connectivity index (χ3v) is 8.14. The van der Waals surface area contributed by atoms with Gasteiger partial charge in [-0.25, -0.2) is 0 Å². The Hall–Kier alpha value is -1.06. The summed E-state index contributed by atoms with van der Waals surface area (Å²) in [6.45, 7) is 15.4. The van der Waals surface area contributed by atoms with E-state index in [0.29, 0.717) is 25.0 Å². The summed E-state index contributed by atoms with van der Waals surface area (Å²) in [6, 6.07) is 0. The molecule has 0 N–H and O–H groups in total. The van der Waals surface area contributed by atoms with Crippen molar-refractivity contribution in [3.63, 3.8) is 0 Å². The maximum atomic E-state index is 13.1. The fourth-order valence-electron chi connectivity index (χ4n) is 5.81. The summed E-state index contributed by atoms with van der Waals surface area (Å²) in [5, 5.41) is 0. The SMILES string of the molecule is CCCCCCCCCCCCCCC1CCCCC1CC(CC(=O)OCC(C)(C)C)C(=O)OCC(C)(C)C. The summed E-state index contributed by atoms with van der Waals surface area (Å²) in [5.74, 6) is 0.301. The van der Waals surface area contributed by atoms with E-state index in [1.165, 1.54) is 109 Å². The summed E-state index contributed by atoms with van der Waals surface area (Å²) >= 11 is 0. The van der Waals surface area contributed by atoms with Gasteiger partial charge in [-0.15, -0.1) is 0 Å². The maximum Gasteiger partial charge on any atom is 0.309 e. The van der Waals surface area contributed by atoms with Crippen LogP contribution < -0.4 is 0 Å². The number of carbonyl (C=O) groups excluding carboxylic acids is 2. The molecule has 0 heterocycles. The van der Waals surface area contributed by atoms with Gasteiger partial charge in [-0.1, -0.05) is 158 Å². The van der Waals surface area contributed by atoms with Gasteiger partial charge in [0.15, 0.2) is 0 Å². The maximum absolute atomic E-state index is 13.1. The monoisotopic (exact) mass is 550 g/mol. The Balaban J connectivity index is 2.50. The molecule has 3 atom stereocenters. The van der Waals surface area contributed by atoms with Crippen molar-refractivity contribution in [2.75, 3.05) is 13.2 Å². The van der Waals surface area contributed by atoms with E-state index in [1.54, 1.807) is 0 Å². The van der Waals surface area contributed by atoms with E-state index in [1.807, 2.05) is 0 Å². The van der Waals surface area contributed by atoms with Gasteiger partial charge < -0.3 is 9.47 Å². The molecule has 0 bridgehead atoms. The molecular weight excluding hydrogens is 484 g/mol. The van der Waals surface area contributed by atoms with E-state index in [4.69, 9.17) is 9.47 Å². The fraction of sp³-hybridized carbons (Fsp3) is 0.943. The molecule has 0 amide bonds. The smallest absolute Gasteiger partial charge is 0.309 e. The van der Waals surface area contributed by atoms with Gasteiger partial charge in [0.2, 0.25) is 0 Å². The van der Waals surface area contributed by atoms with Gasteiger partial charge in [-0.2, -0.15) is 0 Å². The first-order valence-electron chi connectivity index (χ1n) is 16.7. The summed E-state index contributed by atoms with van der Waals surface area (Å²) in [4.78, 5) is 25.8. The van der Waals surface area contributed by atoms with Gasteiger partial charge in [0, 0.05) is 0 Å². The zero-order valence-electron chi connectivity index (χ0n) is 27.2. The first-order chi connectivity index (χ1) is 18.4. The number of ether oxygens (including phenoxy) is 2. The van der Waals surface area contributed by atoms with Gasteiger partial charge in [0.25, 0.3) is 0 Å². The zero-order valence-corrected chi connectivity index (χ0v) is 27.2. The van der Waals surface area contributed by atoms with E-state index in [9.17, 15) is 9.59 Å². The lowest BCUT2D eigenvalue weighted by Gasteiger charge is -2.34. The Kier molecular flexibility index (Phi) is 18.4. The fourth-order valence-corrected chi connectivity index (χ4v) is 5.81. The van der Waals surface area contributed by atoms with Crippen molar-refractivity contribution >= 4 is 11.9 Å². The lowest BCUT2D eigenvalue weighted by atomic mass is 9.72. The molecule has 1 aliphatic rings. The molecule has 4 heteroatoms. The summed E-state index contributed by atoms with van der Waals surface area (Å²) in [7, 11) is 0. The summed E-state index contributed by atoms with van der Waals surface area (Å²) < 4.78 is 11.3. The molecule has 0 aromatic heterocycles.